The van der Waals surface area contributed by atoms with Gasteiger partial charge in [-0.25, -0.2) is 19.8 Å². The maximum Gasteiger partial charge on any atom is 0.345 e. The zero-order valence-corrected chi connectivity index (χ0v) is 24.2. The van der Waals surface area contributed by atoms with Crippen molar-refractivity contribution in [1.29, 1.82) is 0 Å². The van der Waals surface area contributed by atoms with Crippen LogP contribution >= 0.6 is 22.7 Å². The molecule has 14 nitrogen and oxygen atoms in total. The number of carbonyl (C=O) groups excluding carboxylic acids is 4. The standard InChI is InChI=1S/C30H10N6O8S2/c37-25-15-5-1-11-12-2-6-17-24-18(28(40)34(27(17)39)30-32-10-20(46-30)36(43)44)8-4-14(22(12)24)13-3-7-16(23(15)21(11)13)26(38)33(25)29-31-9-19(45-29)35(41)42/h1-10H. The maximum atomic E-state index is 13.7. The summed E-state index contributed by atoms with van der Waals surface area (Å²) in [4.78, 5) is 85.7. The van der Waals surface area contributed by atoms with Gasteiger partial charge in [-0.2, -0.15) is 0 Å². The van der Waals surface area contributed by atoms with E-state index in [4.69, 9.17) is 0 Å². The fraction of sp³-hybridized carbons (Fsp3) is 0. The van der Waals surface area contributed by atoms with Crippen LogP contribution in [-0.4, -0.2) is 43.4 Å². The summed E-state index contributed by atoms with van der Waals surface area (Å²) in [5.74, 6) is -2.67. The number of rotatable bonds is 4. The molecule has 16 heteroatoms. The highest BCUT2D eigenvalue weighted by molar-refractivity contribution is 7.19. The lowest BCUT2D eigenvalue weighted by Gasteiger charge is -2.28. The van der Waals surface area contributed by atoms with Gasteiger partial charge in [0.1, 0.15) is 12.4 Å². The van der Waals surface area contributed by atoms with Gasteiger partial charge < -0.3 is 0 Å². The summed E-state index contributed by atoms with van der Waals surface area (Å²) in [5.41, 5.74) is 0.891. The zero-order valence-electron chi connectivity index (χ0n) is 22.5. The van der Waals surface area contributed by atoms with Crippen molar-refractivity contribution < 1.29 is 29.0 Å². The predicted molar refractivity (Wildman–Crippen MR) is 167 cm³/mol. The molecule has 9 rings (SSSR count). The Labute approximate surface area is 261 Å². The lowest BCUT2D eigenvalue weighted by Crippen LogP contribution is -2.40. The summed E-state index contributed by atoms with van der Waals surface area (Å²) in [6.45, 7) is 0. The fourth-order valence-electron chi connectivity index (χ4n) is 6.50. The van der Waals surface area contributed by atoms with Crippen LogP contribution in [0.5, 0.6) is 0 Å². The summed E-state index contributed by atoms with van der Waals surface area (Å²) in [6, 6.07) is 13.3. The number of hydrogen-bond acceptors (Lipinski definition) is 12. The van der Waals surface area contributed by atoms with Crippen LogP contribution in [-0.2, 0) is 0 Å². The topological polar surface area (TPSA) is 187 Å². The number of nitrogens with zero attached hydrogens (tertiary/aromatic N) is 6. The first kappa shape index (κ1) is 26.2. The highest BCUT2D eigenvalue weighted by Gasteiger charge is 2.40. The second-order valence-electron chi connectivity index (χ2n) is 10.5. The Morgan fingerprint density at radius 2 is 0.804 bits per heavy atom. The summed E-state index contributed by atoms with van der Waals surface area (Å²) in [5, 5.41) is 26.5. The molecule has 0 fully saturated rings. The van der Waals surface area contributed by atoms with Crippen molar-refractivity contribution in [2.24, 2.45) is 0 Å². The minimum atomic E-state index is -0.666. The van der Waals surface area contributed by atoms with Crippen LogP contribution in [0.3, 0.4) is 0 Å². The van der Waals surface area contributed by atoms with Crippen LogP contribution in [0.1, 0.15) is 41.4 Å². The molecule has 0 aliphatic carbocycles. The molecule has 5 aromatic carbocycles. The number of carbonyl (C=O) groups is 4. The second kappa shape index (κ2) is 8.68. The molecule has 0 radical (unpaired) electrons. The van der Waals surface area contributed by atoms with Gasteiger partial charge in [0.05, 0.1) is 9.85 Å². The molecule has 46 heavy (non-hydrogen) atoms. The number of imide groups is 2. The molecule has 2 aromatic heterocycles. The average Bonchev–Trinajstić information content (AvgIpc) is 3.73. The van der Waals surface area contributed by atoms with Gasteiger partial charge >= 0.3 is 10.0 Å². The van der Waals surface area contributed by atoms with Crippen molar-refractivity contribution in [3.05, 3.63) is 103 Å². The second-order valence-corrected chi connectivity index (χ2v) is 12.5. The third-order valence-electron chi connectivity index (χ3n) is 8.34. The molecule has 220 valence electrons. The van der Waals surface area contributed by atoms with Gasteiger partial charge in [-0.05, 0) is 79.3 Å². The van der Waals surface area contributed by atoms with Crippen molar-refractivity contribution in [1.82, 2.24) is 9.97 Å². The maximum absolute atomic E-state index is 13.7. The van der Waals surface area contributed by atoms with Crippen LogP contribution in [0.2, 0.25) is 0 Å². The third-order valence-corrected chi connectivity index (χ3v) is 10.2. The Hall–Kier alpha value is -6.26. The number of aromatic nitrogens is 2. The summed E-state index contributed by atoms with van der Waals surface area (Å²) in [6.07, 6.45) is 2.00. The number of benzene rings is 5. The van der Waals surface area contributed by atoms with Gasteiger partial charge in [0.2, 0.25) is 10.3 Å². The molecule has 0 unspecified atom stereocenters. The van der Waals surface area contributed by atoms with Crippen molar-refractivity contribution in [3.8, 4) is 0 Å². The van der Waals surface area contributed by atoms with Gasteiger partial charge in [-0.3, -0.25) is 39.4 Å². The minimum Gasteiger partial charge on any atom is -0.268 e. The zero-order chi connectivity index (χ0) is 31.8. The molecule has 0 saturated heterocycles. The van der Waals surface area contributed by atoms with Crippen molar-refractivity contribution in [2.75, 3.05) is 9.80 Å². The van der Waals surface area contributed by atoms with E-state index in [0.717, 1.165) is 22.2 Å². The SMILES string of the molecule is O=C1c2ccc3c4ccc5c6c(ccc(c7ccc(c2c37)C(=O)N1c1ncc([N+](=O)[O-])s1)c64)C(=O)N(c1ncc([N+](=O)[O-])s1)C5=O. The highest BCUT2D eigenvalue weighted by atomic mass is 32.1. The van der Waals surface area contributed by atoms with Crippen LogP contribution in [0.4, 0.5) is 20.3 Å². The lowest BCUT2D eigenvalue weighted by atomic mass is 9.82. The van der Waals surface area contributed by atoms with Gasteiger partial charge in [-0.15, -0.1) is 0 Å². The van der Waals surface area contributed by atoms with Crippen molar-refractivity contribution in [3.63, 3.8) is 0 Å². The average molecular weight is 647 g/mol. The van der Waals surface area contributed by atoms with Crippen molar-refractivity contribution in [2.45, 2.75) is 0 Å². The monoisotopic (exact) mass is 646 g/mol. The number of thiazole rings is 2. The third kappa shape index (κ3) is 3.12. The largest absolute Gasteiger partial charge is 0.345 e. The van der Waals surface area contributed by atoms with E-state index in [1.54, 1.807) is 48.5 Å². The number of hydrogen-bond donors (Lipinski definition) is 0. The smallest absolute Gasteiger partial charge is 0.268 e. The molecule has 0 bridgehead atoms. The van der Waals surface area contributed by atoms with Crippen LogP contribution in [0.15, 0.2) is 60.9 Å². The minimum absolute atomic E-state index is 0.110. The number of amides is 4. The Morgan fingerprint density at radius 1 is 0.500 bits per heavy atom. The van der Waals surface area contributed by atoms with E-state index in [1.165, 1.54) is 0 Å². The lowest BCUT2D eigenvalue weighted by molar-refractivity contribution is -0.380. The Kier molecular flexibility index (Phi) is 4.94. The molecule has 2 aliphatic heterocycles. The summed E-state index contributed by atoms with van der Waals surface area (Å²) < 4.78 is 0. The quantitative estimate of drug-likeness (QED) is 0.0714. The van der Waals surface area contributed by atoms with E-state index in [0.29, 0.717) is 65.8 Å². The van der Waals surface area contributed by atoms with Gasteiger partial charge in [0, 0.05) is 33.0 Å². The van der Waals surface area contributed by atoms with E-state index in [-0.39, 0.29) is 42.5 Å². The van der Waals surface area contributed by atoms with Crippen LogP contribution < -0.4 is 9.80 Å². The number of fused-ring (bicyclic) bond motifs is 2. The Balaban J connectivity index is 1.28. The van der Waals surface area contributed by atoms with E-state index < -0.39 is 33.5 Å². The predicted octanol–water partition coefficient (Wildman–Crippen LogP) is 6.07. The highest BCUT2D eigenvalue weighted by Crippen LogP contribution is 2.47. The van der Waals surface area contributed by atoms with Gasteiger partial charge in [0.25, 0.3) is 23.6 Å². The molecule has 0 N–H and O–H groups in total. The number of nitro groups is 2. The molecule has 4 heterocycles. The molecular weight excluding hydrogens is 636 g/mol. The van der Waals surface area contributed by atoms with E-state index in [1.807, 2.05) is 0 Å². The number of anilines is 2. The Morgan fingerprint density at radius 3 is 1.07 bits per heavy atom. The van der Waals surface area contributed by atoms with Gasteiger partial charge in [-0.1, -0.05) is 24.3 Å². The fourth-order valence-corrected chi connectivity index (χ4v) is 7.96. The Bertz CT molecular complexity index is 2360. The molecular formula is C30H10N6O8S2. The van der Waals surface area contributed by atoms with Crippen LogP contribution in [0, 0.1) is 20.2 Å². The molecule has 2 aliphatic rings. The molecule has 0 spiro atoms. The molecule has 0 atom stereocenters. The molecule has 4 amide bonds. The van der Waals surface area contributed by atoms with E-state index >= 15 is 0 Å². The normalized spacial score (nSPS) is 14.5. The van der Waals surface area contributed by atoms with E-state index in [9.17, 15) is 39.4 Å². The molecule has 0 saturated carbocycles. The first-order chi connectivity index (χ1) is 22.2. The molecule has 7 aromatic rings. The van der Waals surface area contributed by atoms with Crippen molar-refractivity contribution >= 4 is 110 Å². The van der Waals surface area contributed by atoms with Gasteiger partial charge in [0.15, 0.2) is 0 Å². The summed E-state index contributed by atoms with van der Waals surface area (Å²) in [7, 11) is 0. The summed E-state index contributed by atoms with van der Waals surface area (Å²) >= 11 is 1.24. The van der Waals surface area contributed by atoms with E-state index in [2.05, 4.69) is 9.97 Å². The first-order valence-electron chi connectivity index (χ1n) is 13.3. The van der Waals surface area contributed by atoms with Crippen LogP contribution in [0.25, 0.3) is 43.1 Å². The first-order valence-corrected chi connectivity index (χ1v) is 15.0.